The minimum atomic E-state index is -4.57. The fraction of sp³-hybridized carbons (Fsp3) is 0.538. The highest BCUT2D eigenvalue weighted by Gasteiger charge is 2.58. The Morgan fingerprint density at radius 1 is 0.957 bits per heavy atom. The van der Waals surface area contributed by atoms with Gasteiger partial charge in [-0.2, -0.15) is 13.2 Å². The van der Waals surface area contributed by atoms with E-state index in [2.05, 4.69) is 5.10 Å². The van der Waals surface area contributed by atoms with Gasteiger partial charge in [-0.3, -0.25) is 4.90 Å². The number of fused-ring (bicyclic) bond motifs is 1. The van der Waals surface area contributed by atoms with Gasteiger partial charge in [-0.15, -0.1) is 5.10 Å². The van der Waals surface area contributed by atoms with Gasteiger partial charge in [0.15, 0.2) is 15.5 Å². The average molecular weight is 628 g/mol. The molecule has 0 aliphatic carbocycles. The standard InChI is InChI=1S/C26H22B8F3N5O3S/c1-13-6-19(42-23(27,28)25(31,32)45-26(33,34)24(42,29)30)39-41-18(7-15-4-3-5-16(14(15)2)22(35,36)37)17(38-20(13)41)8-40-9-21(10-40)11-46(43,44)12-21/h3-6H,7-12H2,1-2H3. The van der Waals surface area contributed by atoms with E-state index in [1.807, 2.05) is 4.90 Å². The first kappa shape index (κ1) is 33.7. The van der Waals surface area contributed by atoms with E-state index in [0.717, 1.165) is 11.0 Å². The molecule has 20 heteroatoms. The number of rotatable bonds is 5. The number of hydrogen-bond acceptors (Lipinski definition) is 7. The largest absolute Gasteiger partial charge is 0.416 e. The van der Waals surface area contributed by atoms with E-state index in [-0.39, 0.29) is 41.3 Å². The van der Waals surface area contributed by atoms with E-state index >= 15 is 0 Å². The minimum absolute atomic E-state index is 0.0131. The van der Waals surface area contributed by atoms with Crippen LogP contribution in [-0.4, -0.2) is 137 Å². The first-order chi connectivity index (χ1) is 20.9. The summed E-state index contributed by atoms with van der Waals surface area (Å²) < 4.78 is 71.9. The first-order valence-corrected chi connectivity index (χ1v) is 16.0. The van der Waals surface area contributed by atoms with Crippen LogP contribution in [0, 0.1) is 19.3 Å². The highest BCUT2D eigenvalue weighted by Crippen LogP contribution is 2.44. The molecule has 3 fully saturated rings. The van der Waals surface area contributed by atoms with Crippen LogP contribution < -0.4 is 4.90 Å². The summed E-state index contributed by atoms with van der Waals surface area (Å²) in [5.74, 6) is 0.154. The first-order valence-electron chi connectivity index (χ1n) is 14.2. The summed E-state index contributed by atoms with van der Waals surface area (Å²) in [4.78, 5) is 7.78. The second kappa shape index (κ2) is 10.2. The zero-order valence-electron chi connectivity index (χ0n) is 25.2. The van der Waals surface area contributed by atoms with Gasteiger partial charge in [-0.25, -0.2) is 17.9 Å². The zero-order valence-corrected chi connectivity index (χ0v) is 26.0. The SMILES string of the molecule is [B]C1([B])OC([B])([B])C([B])([B])N(c2cc(C)c3nc(CN4CC5(C4)CS(=O)(=O)C5)c(Cc4cccc(C(F)(F)F)c4C)n3n2)C1([B])[B]. The Balaban J connectivity index is 1.48. The van der Waals surface area contributed by atoms with E-state index in [1.165, 1.54) is 23.6 Å². The van der Waals surface area contributed by atoms with Crippen molar-refractivity contribution in [2.24, 2.45) is 5.41 Å². The van der Waals surface area contributed by atoms with E-state index < -0.39 is 43.1 Å². The number of benzene rings is 1. The minimum Gasteiger partial charge on any atom is -0.405 e. The Morgan fingerprint density at radius 3 is 2.09 bits per heavy atom. The molecule has 8 nitrogen and oxygen atoms in total. The topological polar surface area (TPSA) is 80.0 Å². The van der Waals surface area contributed by atoms with Crippen molar-refractivity contribution in [2.75, 3.05) is 29.5 Å². The number of halogens is 3. The van der Waals surface area contributed by atoms with Crippen LogP contribution in [0.25, 0.3) is 5.65 Å². The Kier molecular flexibility index (Phi) is 7.45. The third kappa shape index (κ3) is 5.19. The molecular formula is C26H22B8F3N5O3S. The van der Waals surface area contributed by atoms with E-state index in [0.29, 0.717) is 41.3 Å². The van der Waals surface area contributed by atoms with Crippen LogP contribution in [0.3, 0.4) is 0 Å². The number of imidazole rings is 1. The van der Waals surface area contributed by atoms with Crippen molar-refractivity contribution in [3.05, 3.63) is 57.9 Å². The molecule has 3 aliphatic rings. The molecule has 0 N–H and O–H groups in total. The quantitative estimate of drug-likeness (QED) is 0.336. The van der Waals surface area contributed by atoms with Gasteiger partial charge in [0, 0.05) is 31.5 Å². The maximum absolute atomic E-state index is 13.8. The van der Waals surface area contributed by atoms with Crippen molar-refractivity contribution < 1.29 is 26.3 Å². The molecule has 6 rings (SSSR count). The van der Waals surface area contributed by atoms with Crippen molar-refractivity contribution in [3.8, 4) is 0 Å². The molecule has 46 heavy (non-hydrogen) atoms. The van der Waals surface area contributed by atoms with Gasteiger partial charge in [0.25, 0.3) is 0 Å². The predicted molar refractivity (Wildman–Crippen MR) is 174 cm³/mol. The molecule has 220 valence electrons. The van der Waals surface area contributed by atoms with Crippen LogP contribution in [0.1, 0.15) is 33.6 Å². The van der Waals surface area contributed by atoms with Gasteiger partial charge in [0.05, 0.1) is 59.8 Å². The summed E-state index contributed by atoms with van der Waals surface area (Å²) in [7, 11) is 46.7. The summed E-state index contributed by atoms with van der Waals surface area (Å²) in [6, 6.07) is 5.44. The predicted octanol–water partition coefficient (Wildman–Crippen LogP) is -1.01. The van der Waals surface area contributed by atoms with Gasteiger partial charge >= 0.3 is 6.18 Å². The fourth-order valence-corrected chi connectivity index (χ4v) is 8.94. The van der Waals surface area contributed by atoms with Crippen LogP contribution in [0.4, 0.5) is 19.0 Å². The van der Waals surface area contributed by atoms with Crippen LogP contribution >= 0.6 is 0 Å². The van der Waals surface area contributed by atoms with Crippen LogP contribution in [0.2, 0.25) is 0 Å². The number of aromatic nitrogens is 3. The molecule has 0 unspecified atom stereocenters. The van der Waals surface area contributed by atoms with Gasteiger partial charge in [-0.05, 0) is 64.1 Å². The number of aryl methyl sites for hydroxylation is 1. The lowest BCUT2D eigenvalue weighted by molar-refractivity contribution is -0.138. The average Bonchev–Trinajstić information content (AvgIpc) is 3.18. The molecule has 2 aromatic heterocycles. The number of anilines is 1. The number of hydrogen-bond donors (Lipinski definition) is 0. The Bertz CT molecular complexity index is 1820. The van der Waals surface area contributed by atoms with Gasteiger partial charge in [0.1, 0.15) is 37.2 Å². The molecule has 1 aromatic carbocycles. The molecule has 3 aromatic rings. The lowest BCUT2D eigenvalue weighted by atomic mass is 9.30. The molecule has 3 aliphatic heterocycles. The molecule has 5 heterocycles. The van der Waals surface area contributed by atoms with Gasteiger partial charge < -0.3 is 9.64 Å². The lowest BCUT2D eigenvalue weighted by Crippen LogP contribution is -2.86. The van der Waals surface area contributed by atoms with Crippen LogP contribution in [0.5, 0.6) is 0 Å². The summed E-state index contributed by atoms with van der Waals surface area (Å²) in [5.41, 5.74) is 1.19. The van der Waals surface area contributed by atoms with E-state index in [1.54, 1.807) is 13.0 Å². The van der Waals surface area contributed by atoms with Crippen molar-refractivity contribution in [2.45, 2.75) is 54.5 Å². The monoisotopic (exact) mass is 629 g/mol. The lowest BCUT2D eigenvalue weighted by Gasteiger charge is -2.70. The number of sulfone groups is 1. The molecule has 0 atom stereocenters. The number of alkyl halides is 3. The number of ether oxygens (including phenoxy) is 1. The van der Waals surface area contributed by atoms with Crippen molar-refractivity contribution in [1.29, 1.82) is 0 Å². The summed E-state index contributed by atoms with van der Waals surface area (Å²) in [5, 5.41) is -4.80. The Labute approximate surface area is 276 Å². The zero-order chi connectivity index (χ0) is 34.0. The Morgan fingerprint density at radius 2 is 1.54 bits per heavy atom. The molecule has 0 saturated carbocycles. The van der Waals surface area contributed by atoms with Crippen molar-refractivity contribution >= 4 is 84.1 Å². The van der Waals surface area contributed by atoms with Crippen LogP contribution in [-0.2, 0) is 33.7 Å². The highest BCUT2D eigenvalue weighted by molar-refractivity contribution is 7.92. The van der Waals surface area contributed by atoms with E-state index in [4.69, 9.17) is 72.5 Å². The third-order valence-corrected chi connectivity index (χ3v) is 11.2. The maximum atomic E-state index is 13.8. The molecule has 0 amide bonds. The molecule has 3 saturated heterocycles. The normalized spacial score (nSPS) is 24.0. The Hall–Kier alpha value is -2.18. The second-order valence-corrected chi connectivity index (χ2v) is 15.1. The number of nitrogens with zero attached hydrogens (tertiary/aromatic N) is 5. The smallest absolute Gasteiger partial charge is 0.405 e. The summed E-state index contributed by atoms with van der Waals surface area (Å²) >= 11 is 0. The van der Waals surface area contributed by atoms with Crippen molar-refractivity contribution in [1.82, 2.24) is 19.5 Å². The number of likely N-dealkylation sites (tertiary alicyclic amines) is 1. The maximum Gasteiger partial charge on any atom is 0.416 e. The second-order valence-electron chi connectivity index (χ2n) is 13.0. The molecule has 16 radical (unpaired) electrons. The third-order valence-electron chi connectivity index (χ3n) is 9.14. The summed E-state index contributed by atoms with van der Waals surface area (Å²) in [6.45, 7) is 4.44. The fourth-order valence-electron chi connectivity index (χ4n) is 6.79. The molecule has 0 bridgehead atoms. The van der Waals surface area contributed by atoms with Gasteiger partial charge in [-0.1, -0.05) is 12.1 Å². The highest BCUT2D eigenvalue weighted by atomic mass is 32.2. The van der Waals surface area contributed by atoms with Gasteiger partial charge in [0.2, 0.25) is 0 Å². The van der Waals surface area contributed by atoms with Crippen LogP contribution in [0.15, 0.2) is 24.3 Å². The number of morpholine rings is 1. The van der Waals surface area contributed by atoms with Crippen molar-refractivity contribution in [3.63, 3.8) is 0 Å². The van der Waals surface area contributed by atoms with E-state index in [9.17, 15) is 21.6 Å². The summed E-state index contributed by atoms with van der Waals surface area (Å²) in [6.07, 6.45) is -4.58. The molecular weight excluding hydrogens is 606 g/mol. The molecule has 1 spiro atoms.